The van der Waals surface area contributed by atoms with Crippen molar-refractivity contribution in [2.75, 3.05) is 18.8 Å². The van der Waals surface area contributed by atoms with Gasteiger partial charge in [-0.15, -0.1) is 0 Å². The smallest absolute Gasteiger partial charge is 0.243 e. The van der Waals surface area contributed by atoms with Gasteiger partial charge in [0.05, 0.1) is 28.5 Å². The van der Waals surface area contributed by atoms with Gasteiger partial charge in [-0.3, -0.25) is 9.59 Å². The van der Waals surface area contributed by atoms with Crippen LogP contribution in [0.3, 0.4) is 0 Å². The summed E-state index contributed by atoms with van der Waals surface area (Å²) in [6, 6.07) is 4.08. The van der Waals surface area contributed by atoms with Gasteiger partial charge in [-0.25, -0.2) is 0 Å². The molecule has 6 nitrogen and oxygen atoms in total. The van der Waals surface area contributed by atoms with Gasteiger partial charge in [0.15, 0.2) is 0 Å². The van der Waals surface area contributed by atoms with E-state index in [4.69, 9.17) is 0 Å². The average molecular weight is 346 g/mol. The Hall–Kier alpha value is -1.99. The fourth-order valence-corrected chi connectivity index (χ4v) is 4.25. The second-order valence-electron chi connectivity index (χ2n) is 6.96. The van der Waals surface area contributed by atoms with Crippen LogP contribution in [0.15, 0.2) is 10.6 Å². The van der Waals surface area contributed by atoms with E-state index >= 15 is 0 Å². The van der Waals surface area contributed by atoms with Gasteiger partial charge in [-0.2, -0.15) is 10.5 Å². The predicted octanol–water partition coefficient (Wildman–Crippen LogP) is 2.01. The summed E-state index contributed by atoms with van der Waals surface area (Å²) >= 11 is 1.18. The zero-order valence-corrected chi connectivity index (χ0v) is 15.1. The number of hydrogen-bond acceptors (Lipinski definition) is 5. The minimum absolute atomic E-state index is 0.0193. The normalized spacial score (nSPS) is 26.4. The number of hydrogen-bond donors (Lipinski definition) is 1. The Morgan fingerprint density at radius 2 is 2.17 bits per heavy atom. The largest absolute Gasteiger partial charge is 0.342 e. The molecular formula is C17H22N4O2S. The Kier molecular flexibility index (Phi) is 5.56. The van der Waals surface area contributed by atoms with Crippen molar-refractivity contribution in [3.8, 4) is 12.1 Å². The molecule has 0 aromatic carbocycles. The molecule has 2 amide bonds. The number of thioether (sulfide) groups is 1. The van der Waals surface area contributed by atoms with Crippen LogP contribution >= 0.6 is 11.8 Å². The standard InChI is InChI=1S/C17H22N4O2S/c1-11-5-4-6-21(9-11)14(22)10-24-16-13(8-19)17(2,3)12(7-18)15(23)20-16/h11-12H,4-6,9-10H2,1-3H3,(H,20,23)/t11-,12+/m0/s1. The van der Waals surface area contributed by atoms with Crippen LogP contribution in [-0.4, -0.2) is 35.6 Å². The molecule has 0 aromatic heterocycles. The van der Waals surface area contributed by atoms with Crippen molar-refractivity contribution < 1.29 is 9.59 Å². The molecule has 7 heteroatoms. The van der Waals surface area contributed by atoms with Crippen LogP contribution in [-0.2, 0) is 9.59 Å². The number of carbonyl (C=O) groups excluding carboxylic acids is 2. The van der Waals surface area contributed by atoms with Crippen LogP contribution in [0, 0.1) is 39.9 Å². The molecule has 0 aliphatic carbocycles. The highest BCUT2D eigenvalue weighted by atomic mass is 32.2. The molecule has 0 saturated carbocycles. The number of likely N-dealkylation sites (tertiary alicyclic amines) is 1. The molecule has 0 aromatic rings. The van der Waals surface area contributed by atoms with Gasteiger partial charge >= 0.3 is 0 Å². The zero-order valence-electron chi connectivity index (χ0n) is 14.3. The SMILES string of the molecule is C[C@H]1CCCN(C(=O)CSC2=C(C#N)C(C)(C)[C@H](C#N)C(=O)N2)C1. The van der Waals surface area contributed by atoms with Crippen LogP contribution in [0.25, 0.3) is 0 Å². The topological polar surface area (TPSA) is 97.0 Å². The first-order valence-corrected chi connectivity index (χ1v) is 9.05. The molecule has 128 valence electrons. The van der Waals surface area contributed by atoms with Crippen molar-refractivity contribution in [1.29, 1.82) is 10.5 Å². The van der Waals surface area contributed by atoms with Crippen LogP contribution < -0.4 is 5.32 Å². The van der Waals surface area contributed by atoms with Gasteiger partial charge in [-0.1, -0.05) is 32.5 Å². The number of piperidine rings is 1. The fraction of sp³-hybridized carbons (Fsp3) is 0.647. The van der Waals surface area contributed by atoms with E-state index in [2.05, 4.69) is 18.3 Å². The minimum Gasteiger partial charge on any atom is -0.342 e. The molecular weight excluding hydrogens is 324 g/mol. The van der Waals surface area contributed by atoms with Gasteiger partial charge in [0.2, 0.25) is 11.8 Å². The summed E-state index contributed by atoms with van der Waals surface area (Å²) in [5.74, 6) is -0.615. The highest BCUT2D eigenvalue weighted by molar-refractivity contribution is 8.03. The highest BCUT2D eigenvalue weighted by Gasteiger charge is 2.44. The lowest BCUT2D eigenvalue weighted by Crippen LogP contribution is -2.45. The maximum absolute atomic E-state index is 12.4. The van der Waals surface area contributed by atoms with Crippen LogP contribution in [0.1, 0.15) is 33.6 Å². The quantitative estimate of drug-likeness (QED) is 0.843. The number of rotatable bonds is 3. The molecule has 0 bridgehead atoms. The Morgan fingerprint density at radius 1 is 1.46 bits per heavy atom. The number of amides is 2. The number of nitrogens with zero attached hydrogens (tertiary/aromatic N) is 3. The van der Waals surface area contributed by atoms with Gasteiger partial charge in [0.1, 0.15) is 5.92 Å². The maximum atomic E-state index is 12.4. The Balaban J connectivity index is 2.12. The lowest BCUT2D eigenvalue weighted by molar-refractivity contribution is -0.130. The van der Waals surface area contributed by atoms with E-state index in [1.54, 1.807) is 13.8 Å². The van der Waals surface area contributed by atoms with Crippen molar-refractivity contribution in [3.63, 3.8) is 0 Å². The van der Waals surface area contributed by atoms with Crippen LogP contribution in [0.2, 0.25) is 0 Å². The number of allylic oxidation sites excluding steroid dienone is 1. The molecule has 2 atom stereocenters. The molecule has 0 radical (unpaired) electrons. The van der Waals surface area contributed by atoms with Crippen LogP contribution in [0.5, 0.6) is 0 Å². The molecule has 0 spiro atoms. The number of nitrogens with one attached hydrogen (secondary N) is 1. The molecule has 24 heavy (non-hydrogen) atoms. The van der Waals surface area contributed by atoms with Gasteiger partial charge in [0, 0.05) is 18.5 Å². The highest BCUT2D eigenvalue weighted by Crippen LogP contribution is 2.41. The maximum Gasteiger partial charge on any atom is 0.243 e. The van der Waals surface area contributed by atoms with Gasteiger partial charge in [-0.05, 0) is 18.8 Å². The number of nitriles is 2. The molecule has 2 aliphatic rings. The third-order valence-electron chi connectivity index (χ3n) is 4.68. The summed E-state index contributed by atoms with van der Waals surface area (Å²) in [7, 11) is 0. The van der Waals surface area contributed by atoms with E-state index < -0.39 is 17.2 Å². The summed E-state index contributed by atoms with van der Waals surface area (Å²) < 4.78 is 0. The van der Waals surface area contributed by atoms with E-state index in [1.807, 2.05) is 11.0 Å². The monoisotopic (exact) mass is 346 g/mol. The lowest BCUT2D eigenvalue weighted by atomic mass is 9.72. The van der Waals surface area contributed by atoms with Crippen molar-refractivity contribution in [1.82, 2.24) is 10.2 Å². The molecule has 2 aliphatic heterocycles. The lowest BCUT2D eigenvalue weighted by Gasteiger charge is -2.35. The van der Waals surface area contributed by atoms with Crippen molar-refractivity contribution in [2.45, 2.75) is 33.6 Å². The van der Waals surface area contributed by atoms with Gasteiger partial charge in [0.25, 0.3) is 0 Å². The van der Waals surface area contributed by atoms with E-state index in [9.17, 15) is 20.1 Å². The first kappa shape index (κ1) is 18.4. The van der Waals surface area contributed by atoms with Crippen molar-refractivity contribution in [2.24, 2.45) is 17.3 Å². The average Bonchev–Trinajstić information content (AvgIpc) is 2.52. The predicted molar refractivity (Wildman–Crippen MR) is 91.1 cm³/mol. The molecule has 1 N–H and O–H groups in total. The third kappa shape index (κ3) is 3.57. The Labute approximate surface area is 146 Å². The van der Waals surface area contributed by atoms with Crippen molar-refractivity contribution >= 4 is 23.6 Å². The third-order valence-corrected chi connectivity index (χ3v) is 5.67. The summed E-state index contributed by atoms with van der Waals surface area (Å²) in [5, 5.41) is 21.7. The Bertz CT molecular complexity index is 656. The first-order chi connectivity index (χ1) is 11.3. The Morgan fingerprint density at radius 3 is 2.75 bits per heavy atom. The van der Waals surface area contributed by atoms with E-state index in [-0.39, 0.29) is 11.7 Å². The van der Waals surface area contributed by atoms with Crippen molar-refractivity contribution in [3.05, 3.63) is 10.6 Å². The fourth-order valence-electron chi connectivity index (χ4n) is 3.18. The summed E-state index contributed by atoms with van der Waals surface area (Å²) in [6.45, 7) is 7.09. The van der Waals surface area contributed by atoms with Crippen LogP contribution in [0.4, 0.5) is 0 Å². The molecule has 1 saturated heterocycles. The van der Waals surface area contributed by atoms with Gasteiger partial charge < -0.3 is 10.2 Å². The number of carbonyl (C=O) groups is 2. The molecule has 0 unspecified atom stereocenters. The second-order valence-corrected chi connectivity index (χ2v) is 7.95. The van der Waals surface area contributed by atoms with E-state index in [1.165, 1.54) is 11.8 Å². The summed E-state index contributed by atoms with van der Waals surface area (Å²) in [5.41, 5.74) is -0.505. The van der Waals surface area contributed by atoms with E-state index in [0.29, 0.717) is 16.5 Å². The zero-order chi connectivity index (χ0) is 17.9. The molecule has 1 fully saturated rings. The second kappa shape index (κ2) is 7.27. The summed E-state index contributed by atoms with van der Waals surface area (Å²) in [4.78, 5) is 26.3. The summed E-state index contributed by atoms with van der Waals surface area (Å²) in [6.07, 6.45) is 2.15. The first-order valence-electron chi connectivity index (χ1n) is 8.07. The molecule has 2 rings (SSSR count). The molecule has 2 heterocycles. The minimum atomic E-state index is -0.907. The van der Waals surface area contributed by atoms with E-state index in [0.717, 1.165) is 25.9 Å².